The van der Waals surface area contributed by atoms with Crippen molar-refractivity contribution in [2.45, 2.75) is 26.3 Å². The molecule has 0 aromatic rings. The van der Waals surface area contributed by atoms with E-state index >= 15 is 0 Å². The normalized spacial score (nSPS) is 23.6. The number of nitrogens with zero attached hydrogens (tertiary/aromatic N) is 3. The predicted molar refractivity (Wildman–Crippen MR) is 75.2 cm³/mol. The van der Waals surface area contributed by atoms with Crippen molar-refractivity contribution in [3.8, 4) is 0 Å². The van der Waals surface area contributed by atoms with Crippen molar-refractivity contribution >= 4 is 5.91 Å². The van der Waals surface area contributed by atoms with Crippen LogP contribution in [0.4, 0.5) is 0 Å². The number of carbonyl (C=O) groups excluding carboxylic acids is 1. The van der Waals surface area contributed by atoms with Gasteiger partial charge >= 0.3 is 0 Å². The van der Waals surface area contributed by atoms with Crippen LogP contribution in [0.5, 0.6) is 0 Å². The minimum absolute atomic E-state index is 0.236. The number of ether oxygens (including phenoxy) is 1. The minimum atomic E-state index is 0.236. The van der Waals surface area contributed by atoms with Crippen molar-refractivity contribution in [1.82, 2.24) is 14.7 Å². The second kappa shape index (κ2) is 6.20. The molecule has 0 atom stereocenters. The zero-order valence-electron chi connectivity index (χ0n) is 12.5. The second-order valence-electron chi connectivity index (χ2n) is 6.43. The van der Waals surface area contributed by atoms with Crippen LogP contribution in [0.2, 0.25) is 0 Å². The number of hydrogen-bond donors (Lipinski definition) is 0. The molecular formula is C14H27N3O2. The summed E-state index contributed by atoms with van der Waals surface area (Å²) in [5, 5.41) is 0. The Balaban J connectivity index is 1.74. The van der Waals surface area contributed by atoms with Crippen LogP contribution >= 0.6 is 0 Å². The lowest BCUT2D eigenvalue weighted by Crippen LogP contribution is -2.55. The Bertz CT molecular complexity index is 300. The first-order valence-electron chi connectivity index (χ1n) is 7.30. The fourth-order valence-electron chi connectivity index (χ4n) is 2.68. The highest BCUT2D eigenvalue weighted by Crippen LogP contribution is 2.15. The second-order valence-corrected chi connectivity index (χ2v) is 6.43. The van der Waals surface area contributed by atoms with E-state index in [-0.39, 0.29) is 11.4 Å². The monoisotopic (exact) mass is 269 g/mol. The third-order valence-electron chi connectivity index (χ3n) is 4.04. The van der Waals surface area contributed by atoms with Crippen LogP contribution in [0, 0.1) is 0 Å². The Labute approximate surface area is 116 Å². The highest BCUT2D eigenvalue weighted by Gasteiger charge is 2.27. The number of piperazine rings is 1. The summed E-state index contributed by atoms with van der Waals surface area (Å²) < 4.78 is 5.28. The van der Waals surface area contributed by atoms with Gasteiger partial charge in [-0.25, -0.2) is 0 Å². The fraction of sp³-hybridized carbons (Fsp3) is 0.929. The van der Waals surface area contributed by atoms with E-state index in [0.717, 1.165) is 39.3 Å². The largest absolute Gasteiger partial charge is 0.378 e. The van der Waals surface area contributed by atoms with Crippen LogP contribution in [0.1, 0.15) is 20.8 Å². The maximum absolute atomic E-state index is 12.2. The van der Waals surface area contributed by atoms with Gasteiger partial charge in [-0.05, 0) is 20.8 Å². The van der Waals surface area contributed by atoms with Crippen LogP contribution < -0.4 is 0 Å². The maximum atomic E-state index is 12.2. The quantitative estimate of drug-likeness (QED) is 0.720. The lowest BCUT2D eigenvalue weighted by molar-refractivity contribution is -0.137. The first kappa shape index (κ1) is 14.8. The van der Waals surface area contributed by atoms with E-state index in [4.69, 9.17) is 4.74 Å². The van der Waals surface area contributed by atoms with Gasteiger partial charge in [0.05, 0.1) is 19.8 Å². The molecule has 2 saturated heterocycles. The van der Waals surface area contributed by atoms with Crippen LogP contribution in [0.25, 0.3) is 0 Å². The average molecular weight is 269 g/mol. The summed E-state index contributed by atoms with van der Waals surface area (Å²) in [4.78, 5) is 18.9. The van der Waals surface area contributed by atoms with Crippen molar-refractivity contribution < 1.29 is 9.53 Å². The van der Waals surface area contributed by atoms with E-state index in [0.29, 0.717) is 19.8 Å². The zero-order valence-corrected chi connectivity index (χ0v) is 12.5. The summed E-state index contributed by atoms with van der Waals surface area (Å²) in [5.41, 5.74) is 0.236. The summed E-state index contributed by atoms with van der Waals surface area (Å²) in [7, 11) is 0. The predicted octanol–water partition coefficient (Wildman–Crippen LogP) is 0.261. The molecule has 2 heterocycles. The molecule has 2 fully saturated rings. The smallest absolute Gasteiger partial charge is 0.236 e. The number of amides is 1. The van der Waals surface area contributed by atoms with Gasteiger partial charge in [0, 0.05) is 44.8 Å². The Morgan fingerprint density at radius 3 is 2.11 bits per heavy atom. The van der Waals surface area contributed by atoms with E-state index < -0.39 is 0 Å². The molecule has 2 aliphatic heterocycles. The summed E-state index contributed by atoms with van der Waals surface area (Å²) in [6, 6.07) is 0. The summed E-state index contributed by atoms with van der Waals surface area (Å²) in [6.45, 7) is 14.3. The summed E-state index contributed by atoms with van der Waals surface area (Å²) in [5.74, 6) is 0.257. The van der Waals surface area contributed by atoms with Crippen molar-refractivity contribution in [3.05, 3.63) is 0 Å². The highest BCUT2D eigenvalue weighted by molar-refractivity contribution is 5.78. The van der Waals surface area contributed by atoms with Crippen LogP contribution in [-0.2, 0) is 9.53 Å². The van der Waals surface area contributed by atoms with Crippen molar-refractivity contribution in [2.75, 3.05) is 59.0 Å². The van der Waals surface area contributed by atoms with Crippen molar-refractivity contribution in [1.29, 1.82) is 0 Å². The van der Waals surface area contributed by atoms with Crippen LogP contribution in [0.15, 0.2) is 0 Å². The molecular weight excluding hydrogens is 242 g/mol. The lowest BCUT2D eigenvalue weighted by atomic mass is 10.1. The molecule has 2 aliphatic rings. The standard InChI is InChI=1S/C14H27N3O2/c1-14(2,3)17-6-4-15(5-7-17)12-13(18)16-8-10-19-11-9-16/h4-12H2,1-3H3. The Kier molecular flexibility index (Phi) is 4.81. The molecule has 0 spiro atoms. The third kappa shape index (κ3) is 4.16. The molecule has 5 heteroatoms. The van der Waals surface area contributed by atoms with Gasteiger partial charge < -0.3 is 9.64 Å². The molecule has 2 rings (SSSR count). The first-order valence-corrected chi connectivity index (χ1v) is 7.30. The SMILES string of the molecule is CC(C)(C)N1CCN(CC(=O)N2CCOCC2)CC1. The van der Waals surface area contributed by atoms with E-state index in [1.807, 2.05) is 4.90 Å². The number of rotatable bonds is 2. The maximum Gasteiger partial charge on any atom is 0.236 e. The van der Waals surface area contributed by atoms with E-state index in [1.165, 1.54) is 0 Å². The Morgan fingerprint density at radius 2 is 1.58 bits per heavy atom. The molecule has 0 aromatic carbocycles. The van der Waals surface area contributed by atoms with E-state index in [2.05, 4.69) is 30.6 Å². The van der Waals surface area contributed by atoms with Gasteiger partial charge in [0.15, 0.2) is 0 Å². The molecule has 0 bridgehead atoms. The third-order valence-corrected chi connectivity index (χ3v) is 4.04. The molecule has 0 N–H and O–H groups in total. The van der Waals surface area contributed by atoms with Crippen LogP contribution in [-0.4, -0.2) is 85.2 Å². The van der Waals surface area contributed by atoms with Crippen LogP contribution in [0.3, 0.4) is 0 Å². The highest BCUT2D eigenvalue weighted by atomic mass is 16.5. The first-order chi connectivity index (χ1) is 8.97. The molecule has 0 unspecified atom stereocenters. The number of carbonyl (C=O) groups is 1. The summed E-state index contributed by atoms with van der Waals surface area (Å²) >= 11 is 0. The molecule has 0 radical (unpaired) electrons. The van der Waals surface area contributed by atoms with Crippen molar-refractivity contribution in [3.63, 3.8) is 0 Å². The van der Waals surface area contributed by atoms with Gasteiger partial charge in [-0.1, -0.05) is 0 Å². The molecule has 0 aliphatic carbocycles. The lowest BCUT2D eigenvalue weighted by Gasteiger charge is -2.42. The van der Waals surface area contributed by atoms with Gasteiger partial charge in [0.25, 0.3) is 0 Å². The number of morpholine rings is 1. The topological polar surface area (TPSA) is 36.0 Å². The molecule has 0 aromatic heterocycles. The zero-order chi connectivity index (χ0) is 13.9. The Morgan fingerprint density at radius 1 is 1.00 bits per heavy atom. The van der Waals surface area contributed by atoms with Crippen molar-refractivity contribution in [2.24, 2.45) is 0 Å². The summed E-state index contributed by atoms with van der Waals surface area (Å²) in [6.07, 6.45) is 0. The van der Waals surface area contributed by atoms with Gasteiger partial charge in [0.1, 0.15) is 0 Å². The molecule has 5 nitrogen and oxygen atoms in total. The van der Waals surface area contributed by atoms with Gasteiger partial charge in [0.2, 0.25) is 5.91 Å². The fourth-order valence-corrected chi connectivity index (χ4v) is 2.68. The van der Waals surface area contributed by atoms with E-state index in [9.17, 15) is 4.79 Å². The average Bonchev–Trinajstić information content (AvgIpc) is 2.39. The molecule has 0 saturated carbocycles. The molecule has 1 amide bonds. The van der Waals surface area contributed by atoms with Gasteiger partial charge in [-0.15, -0.1) is 0 Å². The minimum Gasteiger partial charge on any atom is -0.378 e. The molecule has 110 valence electrons. The van der Waals surface area contributed by atoms with E-state index in [1.54, 1.807) is 0 Å². The van der Waals surface area contributed by atoms with Gasteiger partial charge in [-0.3, -0.25) is 14.6 Å². The Hall–Kier alpha value is -0.650. The number of hydrogen-bond acceptors (Lipinski definition) is 4. The molecule has 19 heavy (non-hydrogen) atoms. The van der Waals surface area contributed by atoms with Gasteiger partial charge in [-0.2, -0.15) is 0 Å².